The van der Waals surface area contributed by atoms with Gasteiger partial charge in [0.1, 0.15) is 0 Å². The van der Waals surface area contributed by atoms with Crippen molar-refractivity contribution in [3.63, 3.8) is 0 Å². The summed E-state index contributed by atoms with van der Waals surface area (Å²) in [7, 11) is 0. The van der Waals surface area contributed by atoms with E-state index < -0.39 is 0 Å². The Morgan fingerprint density at radius 1 is 1.06 bits per heavy atom. The average Bonchev–Trinajstić information content (AvgIpc) is 2.81. The van der Waals surface area contributed by atoms with Crippen molar-refractivity contribution in [1.29, 1.82) is 0 Å². The molecule has 0 amide bonds. The Morgan fingerprint density at radius 3 is 2.12 bits per heavy atom. The molecule has 1 aromatic carbocycles. The Morgan fingerprint density at radius 2 is 1.69 bits per heavy atom. The third-order valence-corrected chi connectivity index (χ3v) is 10.5. The lowest BCUT2D eigenvalue weighted by Gasteiger charge is -2.49. The molecule has 0 fully saturated rings. The van der Waals surface area contributed by atoms with Gasteiger partial charge in [-0.05, 0) is 61.5 Å². The Hall–Kier alpha value is -0.590. The molecule has 0 aliphatic heterocycles. The smallest absolute Gasteiger partial charge is 0.0684 e. The molecule has 0 spiro atoms. The fourth-order valence-corrected chi connectivity index (χ4v) is 7.88. The van der Waals surface area contributed by atoms with Gasteiger partial charge in [-0.2, -0.15) is 0 Å². The lowest BCUT2D eigenvalue weighted by molar-refractivity contribution is 0.189. The lowest BCUT2D eigenvalue weighted by atomic mass is 9.57. The van der Waals surface area contributed by atoms with Crippen molar-refractivity contribution in [2.75, 3.05) is 6.26 Å². The van der Waals surface area contributed by atoms with E-state index in [1.165, 1.54) is 9.81 Å². The Kier molecular flexibility index (Phi) is 12.3. The normalized spacial score (nSPS) is 14.6. The first-order chi connectivity index (χ1) is 15.1. The molecule has 0 aliphatic carbocycles. The molecule has 1 rings (SSSR count). The molecule has 2 N–H and O–H groups in total. The van der Waals surface area contributed by atoms with Crippen LogP contribution in [0.4, 0.5) is 0 Å². The lowest BCUT2D eigenvalue weighted by Crippen LogP contribution is -2.43. The van der Waals surface area contributed by atoms with Crippen molar-refractivity contribution < 1.29 is 10.2 Å². The molecule has 32 heavy (non-hydrogen) atoms. The standard InChI is InChI=1S/C27H42O2S3/c1-10-24(19(5)30-9)31-20(6)32-25(11-2)26(7,8)27(12-3,13-4)23-16-21(17-28)14-15-22(23)18-29/h10-11,14-16,20,28-29H,5,12-13,17-18H2,1-4,6-9H3/b24-10-,25-11-. The molecule has 0 bridgehead atoms. The van der Waals surface area contributed by atoms with Crippen LogP contribution in [0, 0.1) is 5.41 Å². The molecule has 5 heteroatoms. The summed E-state index contributed by atoms with van der Waals surface area (Å²) in [5.41, 5.74) is 2.68. The number of hydrogen-bond acceptors (Lipinski definition) is 5. The van der Waals surface area contributed by atoms with E-state index in [0.29, 0.717) is 4.58 Å². The minimum absolute atomic E-state index is 0.00485. The molecule has 1 unspecified atom stereocenters. The summed E-state index contributed by atoms with van der Waals surface area (Å²) < 4.78 is 0.336. The van der Waals surface area contributed by atoms with E-state index in [9.17, 15) is 10.2 Å². The molecule has 1 aromatic rings. The SMILES string of the molecule is C=C(SC)/C(=C/C)SC(C)S/C(=C\C)C(C)(C)C(CC)(CC)c1cc(CO)ccc1CO. The zero-order valence-corrected chi connectivity index (χ0v) is 23.6. The van der Waals surface area contributed by atoms with E-state index in [0.717, 1.165) is 34.4 Å². The van der Waals surface area contributed by atoms with Gasteiger partial charge in [0.25, 0.3) is 0 Å². The second-order valence-corrected chi connectivity index (χ2v) is 12.4. The molecule has 0 radical (unpaired) electrons. The number of thioether (sulfide) groups is 3. The monoisotopic (exact) mass is 494 g/mol. The maximum Gasteiger partial charge on any atom is 0.0684 e. The first-order valence-electron chi connectivity index (χ1n) is 11.4. The molecule has 0 aromatic heterocycles. The van der Waals surface area contributed by atoms with Crippen LogP contribution in [-0.4, -0.2) is 21.1 Å². The van der Waals surface area contributed by atoms with Gasteiger partial charge in [-0.3, -0.25) is 0 Å². The van der Waals surface area contributed by atoms with Crippen LogP contribution in [0.3, 0.4) is 0 Å². The zero-order valence-electron chi connectivity index (χ0n) is 21.1. The van der Waals surface area contributed by atoms with Crippen LogP contribution in [0.25, 0.3) is 0 Å². The van der Waals surface area contributed by atoms with Gasteiger partial charge >= 0.3 is 0 Å². The van der Waals surface area contributed by atoms with Gasteiger partial charge in [0.2, 0.25) is 0 Å². The van der Waals surface area contributed by atoms with Gasteiger partial charge in [-0.15, -0.1) is 35.3 Å². The first kappa shape index (κ1) is 29.4. The van der Waals surface area contributed by atoms with Crippen LogP contribution in [0.1, 0.15) is 78.0 Å². The summed E-state index contributed by atoms with van der Waals surface area (Å²) in [6, 6.07) is 6.00. The van der Waals surface area contributed by atoms with E-state index in [1.807, 2.05) is 35.7 Å². The van der Waals surface area contributed by atoms with Gasteiger partial charge in [-0.1, -0.05) is 64.6 Å². The van der Waals surface area contributed by atoms with Gasteiger partial charge in [0.15, 0.2) is 0 Å². The van der Waals surface area contributed by atoms with Crippen molar-refractivity contribution in [2.24, 2.45) is 5.41 Å². The van der Waals surface area contributed by atoms with Crippen LogP contribution in [0.2, 0.25) is 0 Å². The molecule has 0 saturated carbocycles. The maximum absolute atomic E-state index is 10.1. The number of benzene rings is 1. The highest BCUT2D eigenvalue weighted by molar-refractivity contribution is 8.21. The number of aliphatic hydroxyl groups excluding tert-OH is 2. The van der Waals surface area contributed by atoms with Crippen LogP contribution >= 0.6 is 35.3 Å². The molecular weight excluding hydrogens is 452 g/mol. The predicted molar refractivity (Wildman–Crippen MR) is 149 cm³/mol. The third-order valence-electron chi connectivity index (χ3n) is 6.69. The van der Waals surface area contributed by atoms with E-state index >= 15 is 0 Å². The van der Waals surface area contributed by atoms with E-state index in [-0.39, 0.29) is 24.0 Å². The average molecular weight is 495 g/mol. The van der Waals surface area contributed by atoms with Crippen molar-refractivity contribution in [3.8, 4) is 0 Å². The minimum Gasteiger partial charge on any atom is -0.392 e. The van der Waals surface area contributed by atoms with Gasteiger partial charge in [-0.25, -0.2) is 0 Å². The Bertz CT molecular complexity index is 820. The first-order valence-corrected chi connectivity index (χ1v) is 14.3. The molecule has 0 aliphatic rings. The van der Waals surface area contributed by atoms with Crippen LogP contribution in [0.15, 0.2) is 51.6 Å². The largest absolute Gasteiger partial charge is 0.392 e. The summed E-state index contributed by atoms with van der Waals surface area (Å²) in [6.07, 6.45) is 8.37. The maximum atomic E-state index is 10.1. The summed E-state index contributed by atoms with van der Waals surface area (Å²) in [5.74, 6) is 0. The zero-order chi connectivity index (χ0) is 24.5. The topological polar surface area (TPSA) is 40.5 Å². The third kappa shape index (κ3) is 6.29. The number of allylic oxidation sites excluding steroid dienone is 3. The number of rotatable bonds is 13. The summed E-state index contributed by atoms with van der Waals surface area (Å²) in [6.45, 7) is 19.8. The fourth-order valence-electron chi connectivity index (χ4n) is 4.75. The van der Waals surface area contributed by atoms with Crippen molar-refractivity contribution in [1.82, 2.24) is 0 Å². The summed E-state index contributed by atoms with van der Waals surface area (Å²) in [4.78, 5) is 3.70. The quantitative estimate of drug-likeness (QED) is 0.213. The predicted octanol–water partition coefficient (Wildman–Crippen LogP) is 8.25. The molecule has 0 heterocycles. The minimum atomic E-state index is -0.165. The number of aliphatic hydroxyl groups is 2. The highest BCUT2D eigenvalue weighted by Crippen LogP contribution is 2.56. The molecule has 180 valence electrons. The molecule has 2 nitrogen and oxygen atoms in total. The number of hydrogen-bond donors (Lipinski definition) is 2. The second-order valence-electron chi connectivity index (χ2n) is 8.46. The molecule has 0 saturated heterocycles. The summed E-state index contributed by atoms with van der Waals surface area (Å²) in [5, 5.41) is 19.9. The van der Waals surface area contributed by atoms with E-state index in [1.54, 1.807) is 11.8 Å². The van der Waals surface area contributed by atoms with Crippen LogP contribution < -0.4 is 0 Å². The van der Waals surface area contributed by atoms with Crippen molar-refractivity contribution in [3.05, 3.63) is 68.3 Å². The van der Waals surface area contributed by atoms with Gasteiger partial charge in [0, 0.05) is 20.6 Å². The van der Waals surface area contributed by atoms with E-state index in [4.69, 9.17) is 0 Å². The highest BCUT2D eigenvalue weighted by Gasteiger charge is 2.47. The van der Waals surface area contributed by atoms with Gasteiger partial charge in [0.05, 0.1) is 17.8 Å². The highest BCUT2D eigenvalue weighted by atomic mass is 32.2. The summed E-state index contributed by atoms with van der Waals surface area (Å²) >= 11 is 5.48. The van der Waals surface area contributed by atoms with Gasteiger partial charge < -0.3 is 10.2 Å². The van der Waals surface area contributed by atoms with Crippen LogP contribution in [0.5, 0.6) is 0 Å². The van der Waals surface area contributed by atoms with Crippen LogP contribution in [-0.2, 0) is 18.6 Å². The molecular formula is C27H42O2S3. The van der Waals surface area contributed by atoms with Crippen molar-refractivity contribution >= 4 is 35.3 Å². The Balaban J connectivity index is 3.44. The van der Waals surface area contributed by atoms with Crippen molar-refractivity contribution in [2.45, 2.75) is 84.5 Å². The fraction of sp³-hybridized carbons (Fsp3) is 0.556. The second kappa shape index (κ2) is 13.3. The van der Waals surface area contributed by atoms with E-state index in [2.05, 4.69) is 79.5 Å². The Labute approximate surface area is 209 Å². The molecule has 1 atom stereocenters.